The van der Waals surface area contributed by atoms with Gasteiger partial charge in [0.2, 0.25) is 0 Å². The first-order valence-electron chi connectivity index (χ1n) is 21.7. The van der Waals surface area contributed by atoms with Crippen molar-refractivity contribution in [1.82, 2.24) is 0 Å². The molecule has 0 amide bonds. The summed E-state index contributed by atoms with van der Waals surface area (Å²) in [6.45, 7) is 18.0. The van der Waals surface area contributed by atoms with Crippen LogP contribution in [0, 0.1) is 20.8 Å². The quantitative estimate of drug-likeness (QED) is 0.163. The van der Waals surface area contributed by atoms with Crippen molar-refractivity contribution >= 4 is 0 Å². The van der Waals surface area contributed by atoms with Gasteiger partial charge in [-0.3, -0.25) is 0 Å². The highest BCUT2D eigenvalue weighted by atomic mass is 14.4. The molecule has 8 aromatic rings. The molecule has 8 aromatic carbocycles. The van der Waals surface area contributed by atoms with Gasteiger partial charge in [0.15, 0.2) is 0 Å². The van der Waals surface area contributed by atoms with Gasteiger partial charge in [-0.15, -0.1) is 0 Å². The zero-order chi connectivity index (χ0) is 42.0. The first kappa shape index (κ1) is 40.5. The van der Waals surface area contributed by atoms with E-state index in [-0.39, 0.29) is 10.8 Å². The van der Waals surface area contributed by atoms with Gasteiger partial charge >= 0.3 is 0 Å². The number of rotatable bonds is 5. The standard InChI is InChI=1S/C28H24.C22H20.C10H14/c1-19-9-15-24-25-16-14-23(18-27(25)28(2,3)26(24)17-19)22-12-10-21(11-13-22)20-7-5-4-6-8-20;1-15-8-10-16(11-9-15)17-12-13-19-18-6-4-5-7-20(18)22(2,3)21(19)14-17;1-3-4-10-7-5-9(2)6-8-10/h4-18H,1-3H3;4-14H,1-3H3;5-8H,3-4H2,1-2H3. The molecule has 0 N–H and O–H groups in total. The summed E-state index contributed by atoms with van der Waals surface area (Å²) < 4.78 is 0. The molecule has 2 aliphatic rings. The maximum Gasteiger partial charge on any atom is 0.0159 e. The molecule has 0 bridgehead atoms. The van der Waals surface area contributed by atoms with Gasteiger partial charge in [0.25, 0.3) is 0 Å². The molecule has 60 heavy (non-hydrogen) atoms. The van der Waals surface area contributed by atoms with Gasteiger partial charge in [0, 0.05) is 10.8 Å². The summed E-state index contributed by atoms with van der Waals surface area (Å²) in [7, 11) is 0. The lowest BCUT2D eigenvalue weighted by Crippen LogP contribution is -2.15. The minimum Gasteiger partial charge on any atom is -0.0651 e. The summed E-state index contributed by atoms with van der Waals surface area (Å²) in [5.74, 6) is 0. The van der Waals surface area contributed by atoms with Crippen molar-refractivity contribution < 1.29 is 0 Å². The minimum absolute atomic E-state index is 0.0384. The molecular weight excluding hydrogens is 721 g/mol. The van der Waals surface area contributed by atoms with Crippen LogP contribution in [0.5, 0.6) is 0 Å². The van der Waals surface area contributed by atoms with E-state index in [1.54, 1.807) is 0 Å². The maximum atomic E-state index is 2.39. The van der Waals surface area contributed by atoms with Crippen LogP contribution in [0.4, 0.5) is 0 Å². The molecule has 298 valence electrons. The topological polar surface area (TPSA) is 0 Å². The van der Waals surface area contributed by atoms with E-state index in [1.807, 2.05) is 0 Å². The van der Waals surface area contributed by atoms with Crippen molar-refractivity contribution in [2.75, 3.05) is 0 Å². The van der Waals surface area contributed by atoms with Crippen molar-refractivity contribution in [2.45, 2.75) is 79.1 Å². The van der Waals surface area contributed by atoms with Gasteiger partial charge < -0.3 is 0 Å². The smallest absolute Gasteiger partial charge is 0.0159 e. The van der Waals surface area contributed by atoms with Crippen molar-refractivity contribution in [3.63, 3.8) is 0 Å². The zero-order valence-electron chi connectivity index (χ0n) is 36.7. The van der Waals surface area contributed by atoms with E-state index in [0.717, 1.165) is 0 Å². The summed E-state index contributed by atoms with van der Waals surface area (Å²) in [5, 5.41) is 0. The summed E-state index contributed by atoms with van der Waals surface area (Å²) in [4.78, 5) is 0. The van der Waals surface area contributed by atoms with Crippen LogP contribution in [0.3, 0.4) is 0 Å². The van der Waals surface area contributed by atoms with E-state index in [1.165, 1.54) is 113 Å². The van der Waals surface area contributed by atoms with E-state index in [0.29, 0.717) is 0 Å². The lowest BCUT2D eigenvalue weighted by Gasteiger charge is -2.22. The average Bonchev–Trinajstić information content (AvgIpc) is 3.64. The summed E-state index contributed by atoms with van der Waals surface area (Å²) in [5.41, 5.74) is 24.5. The molecule has 0 spiro atoms. The largest absolute Gasteiger partial charge is 0.0651 e. The predicted molar refractivity (Wildman–Crippen MR) is 259 cm³/mol. The monoisotopic (exact) mass is 778 g/mol. The third-order valence-electron chi connectivity index (χ3n) is 12.8. The van der Waals surface area contributed by atoms with Gasteiger partial charge in [-0.05, 0) is 123 Å². The van der Waals surface area contributed by atoms with Gasteiger partial charge in [-0.25, -0.2) is 0 Å². The second-order valence-corrected chi connectivity index (χ2v) is 17.9. The molecule has 0 fully saturated rings. The Hall–Kier alpha value is -6.24. The van der Waals surface area contributed by atoms with E-state index in [9.17, 15) is 0 Å². The Morgan fingerprint density at radius 1 is 0.317 bits per heavy atom. The number of fused-ring (bicyclic) bond motifs is 6. The second kappa shape index (κ2) is 16.8. The Kier molecular flexibility index (Phi) is 11.3. The molecule has 0 aliphatic heterocycles. The van der Waals surface area contributed by atoms with Gasteiger partial charge in [0.1, 0.15) is 0 Å². The second-order valence-electron chi connectivity index (χ2n) is 17.9. The fourth-order valence-corrected chi connectivity index (χ4v) is 9.19. The molecule has 0 atom stereocenters. The summed E-state index contributed by atoms with van der Waals surface area (Å²) in [6.07, 6.45) is 2.45. The van der Waals surface area contributed by atoms with Crippen LogP contribution in [-0.2, 0) is 17.3 Å². The average molecular weight is 779 g/mol. The van der Waals surface area contributed by atoms with Crippen LogP contribution in [0.1, 0.15) is 85.5 Å². The first-order valence-corrected chi connectivity index (χ1v) is 21.7. The van der Waals surface area contributed by atoms with Crippen molar-refractivity contribution in [3.8, 4) is 55.6 Å². The Labute approximate surface area is 359 Å². The number of hydrogen-bond donors (Lipinski definition) is 0. The molecule has 0 heteroatoms. The van der Waals surface area contributed by atoms with Crippen molar-refractivity contribution in [1.29, 1.82) is 0 Å². The van der Waals surface area contributed by atoms with Gasteiger partial charge in [0.05, 0.1) is 0 Å². The van der Waals surface area contributed by atoms with Gasteiger partial charge in [-0.1, -0.05) is 228 Å². The number of aryl methyl sites for hydroxylation is 4. The fourth-order valence-electron chi connectivity index (χ4n) is 9.19. The van der Waals surface area contributed by atoms with Crippen LogP contribution in [-0.4, -0.2) is 0 Å². The first-order chi connectivity index (χ1) is 28.9. The van der Waals surface area contributed by atoms with Gasteiger partial charge in [-0.2, -0.15) is 0 Å². The van der Waals surface area contributed by atoms with Crippen LogP contribution in [0.15, 0.2) is 182 Å². The summed E-state index contributed by atoms with van der Waals surface area (Å²) in [6, 6.07) is 66.6. The Bertz CT molecular complexity index is 2740. The molecule has 0 saturated carbocycles. The predicted octanol–water partition coefficient (Wildman–Crippen LogP) is 16.6. The molecule has 0 unspecified atom stereocenters. The molecule has 2 aliphatic carbocycles. The highest BCUT2D eigenvalue weighted by Gasteiger charge is 2.36. The number of hydrogen-bond acceptors (Lipinski definition) is 0. The Balaban J connectivity index is 0.000000138. The molecule has 0 nitrogen and oxygen atoms in total. The lowest BCUT2D eigenvalue weighted by molar-refractivity contribution is 0.660. The van der Waals surface area contributed by atoms with E-state index in [2.05, 4.69) is 237 Å². The number of benzene rings is 8. The van der Waals surface area contributed by atoms with Crippen molar-refractivity contribution in [3.05, 3.63) is 226 Å². The van der Waals surface area contributed by atoms with Crippen LogP contribution < -0.4 is 0 Å². The van der Waals surface area contributed by atoms with E-state index >= 15 is 0 Å². The summed E-state index contributed by atoms with van der Waals surface area (Å²) >= 11 is 0. The Morgan fingerprint density at radius 3 is 1.23 bits per heavy atom. The minimum atomic E-state index is 0.0384. The SMILES string of the molecule is CCCc1ccc(C)cc1.Cc1ccc(-c2ccc3c(c2)C(C)(C)c2ccccc2-3)cc1.Cc1ccc2c(c1)C(C)(C)c1cc(-c3ccc(-c4ccccc4)cc3)ccc1-2. The third-order valence-corrected chi connectivity index (χ3v) is 12.8. The van der Waals surface area contributed by atoms with Crippen LogP contribution >= 0.6 is 0 Å². The van der Waals surface area contributed by atoms with Crippen LogP contribution in [0.2, 0.25) is 0 Å². The normalized spacial score (nSPS) is 13.4. The third kappa shape index (κ3) is 8.04. The zero-order valence-corrected chi connectivity index (χ0v) is 36.7. The molecule has 10 rings (SSSR count). The van der Waals surface area contributed by atoms with E-state index < -0.39 is 0 Å². The molecule has 0 aromatic heterocycles. The van der Waals surface area contributed by atoms with Crippen molar-refractivity contribution in [2.24, 2.45) is 0 Å². The Morgan fingerprint density at radius 2 is 0.683 bits per heavy atom. The molecule has 0 radical (unpaired) electrons. The fraction of sp³-hybridized carbons (Fsp3) is 0.200. The van der Waals surface area contributed by atoms with Crippen LogP contribution in [0.25, 0.3) is 55.6 Å². The lowest BCUT2D eigenvalue weighted by atomic mass is 9.81. The maximum absolute atomic E-state index is 2.39. The highest BCUT2D eigenvalue weighted by molar-refractivity contribution is 5.85. The van der Waals surface area contributed by atoms with E-state index in [4.69, 9.17) is 0 Å². The molecule has 0 saturated heterocycles. The molecule has 0 heterocycles. The molecular formula is C60H58. The highest BCUT2D eigenvalue weighted by Crippen LogP contribution is 2.51.